The Morgan fingerprint density at radius 2 is 1.69 bits per heavy atom. The standard InChI is InChI=1S/C28H26N2O5S/c1-20-10-14-24(15-11-20)36(32,33)30-19-27(35-26-9-5-4-8-25(26)30)28(31)29-16-17-34-23-13-12-21-6-2-3-7-22(21)18-23/h2-15,18,27H,16-17,19H2,1H3,(H,29,31)/t27-/m0/s1. The van der Waals surface area contributed by atoms with Crippen LogP contribution in [0.4, 0.5) is 5.69 Å². The van der Waals surface area contributed by atoms with E-state index in [-0.39, 0.29) is 24.6 Å². The molecule has 1 heterocycles. The predicted octanol–water partition coefficient (Wildman–Crippen LogP) is 4.30. The molecule has 1 atom stereocenters. The number of rotatable bonds is 7. The molecular formula is C28H26N2O5S. The van der Waals surface area contributed by atoms with Crippen molar-refractivity contribution in [3.8, 4) is 11.5 Å². The predicted molar refractivity (Wildman–Crippen MR) is 139 cm³/mol. The highest BCUT2D eigenvalue weighted by Gasteiger charge is 2.37. The summed E-state index contributed by atoms with van der Waals surface area (Å²) in [6.45, 7) is 2.27. The summed E-state index contributed by atoms with van der Waals surface area (Å²) >= 11 is 0. The third-order valence-corrected chi connectivity index (χ3v) is 7.82. The molecule has 8 heteroatoms. The number of hydrogen-bond acceptors (Lipinski definition) is 5. The van der Waals surface area contributed by atoms with Crippen molar-refractivity contribution >= 4 is 32.4 Å². The first-order valence-corrected chi connectivity index (χ1v) is 13.1. The van der Waals surface area contributed by atoms with Gasteiger partial charge in [-0.1, -0.05) is 60.2 Å². The van der Waals surface area contributed by atoms with Gasteiger partial charge >= 0.3 is 0 Å². The van der Waals surface area contributed by atoms with Crippen molar-refractivity contribution in [1.82, 2.24) is 5.32 Å². The van der Waals surface area contributed by atoms with Gasteiger partial charge in [-0.25, -0.2) is 8.42 Å². The van der Waals surface area contributed by atoms with Gasteiger partial charge < -0.3 is 14.8 Å². The molecule has 5 rings (SSSR count). The van der Waals surface area contributed by atoms with Crippen LogP contribution < -0.4 is 19.1 Å². The number of carbonyl (C=O) groups excluding carboxylic acids is 1. The quantitative estimate of drug-likeness (QED) is 0.381. The maximum Gasteiger partial charge on any atom is 0.264 e. The lowest BCUT2D eigenvalue weighted by Crippen LogP contribution is -2.51. The van der Waals surface area contributed by atoms with Crippen LogP contribution in [-0.2, 0) is 14.8 Å². The van der Waals surface area contributed by atoms with Crippen LogP contribution in [0.15, 0.2) is 95.9 Å². The molecule has 7 nitrogen and oxygen atoms in total. The van der Waals surface area contributed by atoms with Gasteiger partial charge in [0, 0.05) is 0 Å². The van der Waals surface area contributed by atoms with Crippen molar-refractivity contribution < 1.29 is 22.7 Å². The Morgan fingerprint density at radius 1 is 0.972 bits per heavy atom. The number of anilines is 1. The second kappa shape index (κ2) is 9.91. The number of amides is 1. The van der Waals surface area contributed by atoms with Crippen LogP contribution in [0, 0.1) is 6.92 Å². The summed E-state index contributed by atoms with van der Waals surface area (Å²) in [4.78, 5) is 13.1. The molecule has 0 bridgehead atoms. The lowest BCUT2D eigenvalue weighted by Gasteiger charge is -2.34. The van der Waals surface area contributed by atoms with Crippen LogP contribution in [0.5, 0.6) is 11.5 Å². The molecule has 4 aromatic carbocycles. The SMILES string of the molecule is Cc1ccc(S(=O)(=O)N2C[C@@H](C(=O)NCCOc3ccc4ccccc4c3)Oc3ccccc32)cc1. The van der Waals surface area contributed by atoms with E-state index in [4.69, 9.17) is 9.47 Å². The smallest absolute Gasteiger partial charge is 0.264 e. The van der Waals surface area contributed by atoms with Crippen molar-refractivity contribution in [2.75, 3.05) is 24.0 Å². The highest BCUT2D eigenvalue weighted by molar-refractivity contribution is 7.92. The first-order valence-electron chi connectivity index (χ1n) is 11.7. The number of fused-ring (bicyclic) bond motifs is 2. The number of benzene rings is 4. The molecule has 0 spiro atoms. The fraction of sp³-hybridized carbons (Fsp3) is 0.179. The molecule has 0 fully saturated rings. The number of ether oxygens (including phenoxy) is 2. The van der Waals surface area contributed by atoms with E-state index < -0.39 is 22.0 Å². The number of nitrogens with zero attached hydrogens (tertiary/aromatic N) is 1. The fourth-order valence-corrected chi connectivity index (χ4v) is 5.59. The van der Waals surface area contributed by atoms with E-state index in [1.807, 2.05) is 49.4 Å². The Kier molecular flexibility index (Phi) is 6.52. The molecule has 1 amide bonds. The minimum Gasteiger partial charge on any atom is -0.492 e. The summed E-state index contributed by atoms with van der Waals surface area (Å²) in [5.41, 5.74) is 1.36. The zero-order valence-corrected chi connectivity index (χ0v) is 20.6. The van der Waals surface area contributed by atoms with Crippen molar-refractivity contribution in [2.24, 2.45) is 0 Å². The van der Waals surface area contributed by atoms with Crippen LogP contribution >= 0.6 is 0 Å². The Morgan fingerprint density at radius 3 is 2.50 bits per heavy atom. The van der Waals surface area contributed by atoms with Crippen LogP contribution in [0.3, 0.4) is 0 Å². The minimum absolute atomic E-state index is 0.134. The van der Waals surface area contributed by atoms with Gasteiger partial charge in [-0.15, -0.1) is 0 Å². The third kappa shape index (κ3) is 4.85. The van der Waals surface area contributed by atoms with Crippen molar-refractivity contribution in [1.29, 1.82) is 0 Å². The van der Waals surface area contributed by atoms with Gasteiger partial charge in [0.2, 0.25) is 0 Å². The van der Waals surface area contributed by atoms with Gasteiger partial charge in [-0.05, 0) is 54.1 Å². The molecule has 1 aliphatic heterocycles. The van der Waals surface area contributed by atoms with Gasteiger partial charge in [-0.2, -0.15) is 0 Å². The average Bonchev–Trinajstić information content (AvgIpc) is 2.90. The lowest BCUT2D eigenvalue weighted by molar-refractivity contribution is -0.127. The van der Waals surface area contributed by atoms with Crippen molar-refractivity contribution in [2.45, 2.75) is 17.9 Å². The van der Waals surface area contributed by atoms with Gasteiger partial charge in [0.05, 0.1) is 23.7 Å². The summed E-state index contributed by atoms with van der Waals surface area (Å²) in [5.74, 6) is 0.642. The number of aryl methyl sites for hydroxylation is 1. The monoisotopic (exact) mass is 502 g/mol. The Bertz CT molecular complexity index is 1500. The highest BCUT2D eigenvalue weighted by Crippen LogP contribution is 2.36. The van der Waals surface area contributed by atoms with Crippen molar-refractivity contribution in [3.63, 3.8) is 0 Å². The molecule has 0 radical (unpaired) electrons. The topological polar surface area (TPSA) is 84.9 Å². The molecule has 0 aromatic heterocycles. The van der Waals surface area contributed by atoms with Crippen molar-refractivity contribution in [3.05, 3.63) is 96.6 Å². The van der Waals surface area contributed by atoms with Crippen LogP contribution in [0.1, 0.15) is 5.56 Å². The normalized spacial score (nSPS) is 15.1. The Hall–Kier alpha value is -4.04. The van der Waals surface area contributed by atoms with Crippen LogP contribution in [0.25, 0.3) is 10.8 Å². The molecule has 4 aromatic rings. The van der Waals surface area contributed by atoms with Gasteiger partial charge in [0.25, 0.3) is 15.9 Å². The lowest BCUT2D eigenvalue weighted by atomic mass is 10.1. The zero-order valence-electron chi connectivity index (χ0n) is 19.8. The van der Waals surface area contributed by atoms with Crippen LogP contribution in [-0.4, -0.2) is 40.1 Å². The molecule has 36 heavy (non-hydrogen) atoms. The molecule has 0 unspecified atom stereocenters. The number of carbonyl (C=O) groups is 1. The first-order chi connectivity index (χ1) is 17.4. The highest BCUT2D eigenvalue weighted by atomic mass is 32.2. The van der Waals surface area contributed by atoms with E-state index in [2.05, 4.69) is 5.32 Å². The van der Waals surface area contributed by atoms with E-state index in [9.17, 15) is 13.2 Å². The number of hydrogen-bond donors (Lipinski definition) is 1. The largest absolute Gasteiger partial charge is 0.492 e. The third-order valence-electron chi connectivity index (χ3n) is 6.03. The maximum absolute atomic E-state index is 13.5. The molecule has 1 N–H and O–H groups in total. The van der Waals surface area contributed by atoms with E-state index in [0.717, 1.165) is 16.3 Å². The van der Waals surface area contributed by atoms with Gasteiger partial charge in [-0.3, -0.25) is 9.10 Å². The minimum atomic E-state index is -3.89. The molecule has 0 saturated carbocycles. The summed E-state index contributed by atoms with van der Waals surface area (Å²) in [5, 5.41) is 4.99. The number of nitrogens with one attached hydrogen (secondary N) is 1. The van der Waals surface area contributed by atoms with E-state index >= 15 is 0 Å². The summed E-state index contributed by atoms with van der Waals surface area (Å²) in [6.07, 6.45) is -0.999. The second-order valence-corrected chi connectivity index (χ2v) is 10.4. The molecule has 0 aliphatic carbocycles. The molecule has 0 saturated heterocycles. The van der Waals surface area contributed by atoms with Gasteiger partial charge in [0.15, 0.2) is 6.10 Å². The summed E-state index contributed by atoms with van der Waals surface area (Å²) in [6, 6.07) is 27.3. The van der Waals surface area contributed by atoms with E-state index in [1.54, 1.807) is 48.5 Å². The Labute approximate surface area is 210 Å². The zero-order chi connectivity index (χ0) is 25.1. The number of para-hydroxylation sites is 2. The fourth-order valence-electron chi connectivity index (χ4n) is 4.12. The maximum atomic E-state index is 13.5. The number of sulfonamides is 1. The molecular weight excluding hydrogens is 476 g/mol. The molecule has 1 aliphatic rings. The average molecular weight is 503 g/mol. The summed E-state index contributed by atoms with van der Waals surface area (Å²) in [7, 11) is -3.89. The Balaban J connectivity index is 1.26. The second-order valence-electron chi connectivity index (χ2n) is 8.57. The van der Waals surface area contributed by atoms with Crippen LogP contribution in [0.2, 0.25) is 0 Å². The summed E-state index contributed by atoms with van der Waals surface area (Å²) < 4.78 is 39.8. The van der Waals surface area contributed by atoms with Gasteiger partial charge in [0.1, 0.15) is 18.1 Å². The molecule has 184 valence electrons. The van der Waals surface area contributed by atoms with E-state index in [1.165, 1.54) is 4.31 Å². The first kappa shape index (κ1) is 23.7. The van der Waals surface area contributed by atoms with E-state index in [0.29, 0.717) is 17.2 Å².